The van der Waals surface area contributed by atoms with Crippen LogP contribution in [0.3, 0.4) is 0 Å². The van der Waals surface area contributed by atoms with E-state index in [1.807, 2.05) is 0 Å². The largest absolute Gasteiger partial charge is 0.390 e. The highest BCUT2D eigenvalue weighted by Gasteiger charge is 2.11. The number of benzene rings is 1. The van der Waals surface area contributed by atoms with Crippen molar-refractivity contribution in [3.05, 3.63) is 41.7 Å². The van der Waals surface area contributed by atoms with Crippen LogP contribution >= 0.6 is 0 Å². The molecule has 0 saturated carbocycles. The molecule has 5 heteroatoms. The summed E-state index contributed by atoms with van der Waals surface area (Å²) in [7, 11) is 0. The third-order valence-electron chi connectivity index (χ3n) is 2.01. The molecule has 15 heavy (non-hydrogen) atoms. The van der Waals surface area contributed by atoms with Gasteiger partial charge in [0.05, 0.1) is 24.1 Å². The first-order valence-electron chi connectivity index (χ1n) is 4.31. The summed E-state index contributed by atoms with van der Waals surface area (Å²) in [4.78, 5) is 6.52. The Labute approximate surface area is 84.4 Å². The Morgan fingerprint density at radius 3 is 2.80 bits per heavy atom. The van der Waals surface area contributed by atoms with E-state index in [1.165, 1.54) is 18.3 Å². The molecular formula is C10H8F2N2O. The molecule has 0 amide bonds. The predicted octanol–water partition coefficient (Wildman–Crippen LogP) is 1.85. The molecule has 0 aliphatic carbocycles. The maximum absolute atomic E-state index is 13.3. The van der Waals surface area contributed by atoms with Crippen molar-refractivity contribution >= 4 is 0 Å². The fourth-order valence-electron chi connectivity index (χ4n) is 1.26. The second-order valence-electron chi connectivity index (χ2n) is 3.02. The Morgan fingerprint density at radius 1 is 1.33 bits per heavy atom. The van der Waals surface area contributed by atoms with Gasteiger partial charge in [0.25, 0.3) is 0 Å². The lowest BCUT2D eigenvalue weighted by Crippen LogP contribution is -1.91. The third kappa shape index (κ3) is 1.73. The average Bonchev–Trinajstić information content (AvgIpc) is 2.70. The number of imidazole rings is 1. The van der Waals surface area contributed by atoms with Gasteiger partial charge in [0, 0.05) is 0 Å². The molecule has 0 radical (unpaired) electrons. The van der Waals surface area contributed by atoms with Crippen LogP contribution < -0.4 is 0 Å². The minimum atomic E-state index is -0.948. The first-order chi connectivity index (χ1) is 7.22. The summed E-state index contributed by atoms with van der Waals surface area (Å²) >= 11 is 0. The van der Waals surface area contributed by atoms with Crippen molar-refractivity contribution in [2.75, 3.05) is 0 Å². The summed E-state index contributed by atoms with van der Waals surface area (Å²) in [6.45, 7) is -0.218. The Kier molecular flexibility index (Phi) is 2.47. The van der Waals surface area contributed by atoms with E-state index in [1.54, 1.807) is 0 Å². The van der Waals surface area contributed by atoms with Gasteiger partial charge in [0.2, 0.25) is 0 Å². The monoisotopic (exact) mass is 210 g/mol. The Hall–Kier alpha value is -1.75. The summed E-state index contributed by atoms with van der Waals surface area (Å²) in [6, 6.07) is 3.85. The van der Waals surface area contributed by atoms with Crippen molar-refractivity contribution in [2.45, 2.75) is 6.61 Å². The van der Waals surface area contributed by atoms with E-state index in [0.29, 0.717) is 5.69 Å². The van der Waals surface area contributed by atoms with Gasteiger partial charge < -0.3 is 10.1 Å². The van der Waals surface area contributed by atoms with Crippen LogP contribution in [0.4, 0.5) is 8.78 Å². The molecule has 78 valence electrons. The number of aliphatic hydroxyl groups is 1. The van der Waals surface area contributed by atoms with Crippen molar-refractivity contribution in [2.24, 2.45) is 0 Å². The summed E-state index contributed by atoms with van der Waals surface area (Å²) < 4.78 is 26.2. The van der Waals surface area contributed by atoms with Gasteiger partial charge in [-0.3, -0.25) is 0 Å². The summed E-state index contributed by atoms with van der Waals surface area (Å²) in [6.07, 6.45) is 1.37. The SMILES string of the molecule is OCc1cnc(-c2cccc(F)c2F)[nH]1. The number of hydrogen-bond acceptors (Lipinski definition) is 2. The maximum Gasteiger partial charge on any atom is 0.169 e. The van der Waals surface area contributed by atoms with Crippen LogP contribution in [0.2, 0.25) is 0 Å². The van der Waals surface area contributed by atoms with Gasteiger partial charge in [-0.15, -0.1) is 0 Å². The zero-order valence-corrected chi connectivity index (χ0v) is 7.67. The lowest BCUT2D eigenvalue weighted by atomic mass is 10.2. The van der Waals surface area contributed by atoms with Gasteiger partial charge in [-0.1, -0.05) is 6.07 Å². The van der Waals surface area contributed by atoms with Crippen LogP contribution in [0.1, 0.15) is 5.69 Å². The first-order valence-corrected chi connectivity index (χ1v) is 4.31. The van der Waals surface area contributed by atoms with E-state index >= 15 is 0 Å². The number of hydrogen-bond donors (Lipinski definition) is 2. The Morgan fingerprint density at radius 2 is 2.13 bits per heavy atom. The third-order valence-corrected chi connectivity index (χ3v) is 2.01. The van der Waals surface area contributed by atoms with E-state index < -0.39 is 11.6 Å². The topological polar surface area (TPSA) is 48.9 Å². The first kappa shape index (κ1) is 9.79. The zero-order valence-electron chi connectivity index (χ0n) is 7.67. The van der Waals surface area contributed by atoms with Crippen LogP contribution in [-0.2, 0) is 6.61 Å². The van der Waals surface area contributed by atoms with E-state index in [-0.39, 0.29) is 18.0 Å². The van der Waals surface area contributed by atoms with Crippen molar-refractivity contribution in [3.8, 4) is 11.4 Å². The van der Waals surface area contributed by atoms with Crippen molar-refractivity contribution in [1.82, 2.24) is 9.97 Å². The van der Waals surface area contributed by atoms with Gasteiger partial charge in [0.15, 0.2) is 11.6 Å². The van der Waals surface area contributed by atoms with Gasteiger partial charge in [0.1, 0.15) is 5.82 Å². The van der Waals surface area contributed by atoms with Gasteiger partial charge in [-0.05, 0) is 12.1 Å². The molecule has 0 aliphatic heterocycles. The van der Waals surface area contributed by atoms with E-state index in [4.69, 9.17) is 5.11 Å². The molecule has 1 heterocycles. The predicted molar refractivity (Wildman–Crippen MR) is 49.9 cm³/mol. The number of aromatic amines is 1. The minimum Gasteiger partial charge on any atom is -0.390 e. The van der Waals surface area contributed by atoms with Crippen molar-refractivity contribution < 1.29 is 13.9 Å². The molecule has 0 atom stereocenters. The number of halogens is 2. The van der Waals surface area contributed by atoms with Crippen LogP contribution in [0.25, 0.3) is 11.4 Å². The molecule has 0 aliphatic rings. The number of nitrogens with one attached hydrogen (secondary N) is 1. The lowest BCUT2D eigenvalue weighted by Gasteiger charge is -1.99. The normalized spacial score (nSPS) is 10.6. The molecule has 3 nitrogen and oxygen atoms in total. The maximum atomic E-state index is 13.3. The highest BCUT2D eigenvalue weighted by atomic mass is 19.2. The Bertz CT molecular complexity index is 482. The van der Waals surface area contributed by atoms with E-state index in [2.05, 4.69) is 9.97 Å². The van der Waals surface area contributed by atoms with Crippen LogP contribution in [0, 0.1) is 11.6 Å². The number of rotatable bonds is 2. The smallest absolute Gasteiger partial charge is 0.169 e. The van der Waals surface area contributed by atoms with Gasteiger partial charge >= 0.3 is 0 Å². The number of aromatic nitrogens is 2. The van der Waals surface area contributed by atoms with E-state index in [9.17, 15) is 8.78 Å². The quantitative estimate of drug-likeness (QED) is 0.794. The molecule has 2 N–H and O–H groups in total. The number of aliphatic hydroxyl groups excluding tert-OH is 1. The van der Waals surface area contributed by atoms with Gasteiger partial charge in [-0.2, -0.15) is 0 Å². The van der Waals surface area contributed by atoms with E-state index in [0.717, 1.165) is 6.07 Å². The molecule has 0 fully saturated rings. The second kappa shape index (κ2) is 3.78. The fraction of sp³-hybridized carbons (Fsp3) is 0.100. The standard InChI is InChI=1S/C10H8F2N2O/c11-8-3-1-2-7(9(8)12)10-13-4-6(5-15)14-10/h1-4,15H,5H2,(H,13,14). The average molecular weight is 210 g/mol. The molecule has 0 unspecified atom stereocenters. The molecule has 0 spiro atoms. The van der Waals surface area contributed by atoms with Crippen LogP contribution in [0.15, 0.2) is 24.4 Å². The summed E-state index contributed by atoms with van der Waals surface area (Å²) in [5, 5.41) is 8.78. The molecule has 1 aromatic carbocycles. The van der Waals surface area contributed by atoms with Crippen LogP contribution in [-0.4, -0.2) is 15.1 Å². The molecule has 0 saturated heterocycles. The summed E-state index contributed by atoms with van der Waals surface area (Å²) in [5.74, 6) is -1.66. The number of H-pyrrole nitrogens is 1. The van der Waals surface area contributed by atoms with Crippen LogP contribution in [0.5, 0.6) is 0 Å². The Balaban J connectivity index is 2.49. The van der Waals surface area contributed by atoms with Gasteiger partial charge in [-0.25, -0.2) is 13.8 Å². The lowest BCUT2D eigenvalue weighted by molar-refractivity contribution is 0.277. The highest BCUT2D eigenvalue weighted by molar-refractivity contribution is 5.56. The zero-order chi connectivity index (χ0) is 10.8. The van der Waals surface area contributed by atoms with Crippen molar-refractivity contribution in [3.63, 3.8) is 0 Å². The molecule has 2 rings (SSSR count). The second-order valence-corrected chi connectivity index (χ2v) is 3.02. The molecule has 1 aromatic heterocycles. The minimum absolute atomic E-state index is 0.0506. The summed E-state index contributed by atoms with van der Waals surface area (Å²) in [5.41, 5.74) is 0.503. The van der Waals surface area contributed by atoms with Crippen molar-refractivity contribution in [1.29, 1.82) is 0 Å². The fourth-order valence-corrected chi connectivity index (χ4v) is 1.26. The molecule has 0 bridgehead atoms. The molecule has 2 aromatic rings. The highest BCUT2D eigenvalue weighted by Crippen LogP contribution is 2.21. The number of nitrogens with zero attached hydrogens (tertiary/aromatic N) is 1. The molecular weight excluding hydrogens is 202 g/mol.